The van der Waals surface area contributed by atoms with Crippen molar-refractivity contribution in [1.29, 1.82) is 0 Å². The number of hydrogen-bond donors (Lipinski definition) is 7. The van der Waals surface area contributed by atoms with Crippen molar-refractivity contribution in [2.75, 3.05) is 34.7 Å². The molecule has 2 heterocycles. The number of carbonyl (C=O) groups excluding carboxylic acids is 4. The van der Waals surface area contributed by atoms with Crippen molar-refractivity contribution in [3.8, 4) is 22.3 Å². The summed E-state index contributed by atoms with van der Waals surface area (Å²) in [6.07, 6.45) is 6.41. The number of halogens is 3. The molecule has 6 rings (SSSR count). The minimum absolute atomic E-state index is 0.124. The molecular weight excluding hydrogens is 1020 g/mol. The average molecular weight is 1080 g/mol. The largest absolute Gasteiger partial charge is 0.490 e. The Balaban J connectivity index is 0.000000288. The van der Waals surface area contributed by atoms with Gasteiger partial charge >= 0.3 is 24.1 Å². The van der Waals surface area contributed by atoms with Crippen LogP contribution in [0.25, 0.3) is 22.3 Å². The molecule has 398 valence electrons. The number of alkyl halides is 3. The molecule has 0 aliphatic rings. The second-order valence-corrected chi connectivity index (χ2v) is 18.7. The molecule has 6 aromatic rings. The molecule has 75 heavy (non-hydrogen) atoms. The Bertz CT molecular complexity index is 2800. The first-order chi connectivity index (χ1) is 35.5. The molecule has 2 aromatic heterocycles. The van der Waals surface area contributed by atoms with Gasteiger partial charge in [-0.25, -0.2) is 24.4 Å². The lowest BCUT2D eigenvalue weighted by Gasteiger charge is -2.18. The number of aryl methyl sites for hydroxylation is 4. The van der Waals surface area contributed by atoms with Crippen LogP contribution in [0.5, 0.6) is 0 Å². The fourth-order valence-electron chi connectivity index (χ4n) is 7.15. The molecule has 23 heteroatoms. The number of nitrogens with one attached hydrogen (secondary N) is 4. The topological polar surface area (TPSA) is 264 Å². The zero-order valence-corrected chi connectivity index (χ0v) is 43.4. The van der Waals surface area contributed by atoms with Crippen LogP contribution in [0.2, 0.25) is 0 Å². The fourth-order valence-corrected chi connectivity index (χ4v) is 8.09. The number of benzene rings is 4. The molecule has 0 spiro atoms. The van der Waals surface area contributed by atoms with Gasteiger partial charge in [0, 0.05) is 49.0 Å². The maximum Gasteiger partial charge on any atom is 0.490 e. The third-order valence-electron chi connectivity index (χ3n) is 10.8. The number of imidazole rings is 2. The van der Waals surface area contributed by atoms with Crippen LogP contribution in [0, 0.1) is 13.8 Å². The van der Waals surface area contributed by atoms with Gasteiger partial charge in [0.05, 0.1) is 36.9 Å². The molecule has 0 bridgehead atoms. The first-order valence-electron chi connectivity index (χ1n) is 22.8. The van der Waals surface area contributed by atoms with Crippen LogP contribution in [-0.2, 0) is 50.9 Å². The summed E-state index contributed by atoms with van der Waals surface area (Å²) in [6.45, 7) is 3.86. The highest BCUT2D eigenvalue weighted by molar-refractivity contribution is 7.98. The Hall–Kier alpha value is -7.92. The second kappa shape index (κ2) is 28.5. The van der Waals surface area contributed by atoms with Gasteiger partial charge in [0.1, 0.15) is 12.1 Å². The van der Waals surface area contributed by atoms with E-state index in [4.69, 9.17) is 9.90 Å². The number of hydrogen-bond acceptors (Lipinski definition) is 11. The monoisotopic (exact) mass is 1070 g/mol. The van der Waals surface area contributed by atoms with Gasteiger partial charge in [-0.05, 0) is 120 Å². The summed E-state index contributed by atoms with van der Waals surface area (Å²) in [7, 11) is 3.67. The number of rotatable bonds is 20. The molecule has 0 fully saturated rings. The van der Waals surface area contributed by atoms with E-state index in [1.807, 2.05) is 89.0 Å². The van der Waals surface area contributed by atoms with Gasteiger partial charge in [-0.3, -0.25) is 19.2 Å². The number of carbonyl (C=O) groups is 7. The summed E-state index contributed by atoms with van der Waals surface area (Å²) >= 11 is 3.04. The molecule has 18 nitrogen and oxygen atoms in total. The maximum absolute atomic E-state index is 13.1. The maximum atomic E-state index is 13.1. The summed E-state index contributed by atoms with van der Waals surface area (Å²) in [4.78, 5) is 91.8. The van der Waals surface area contributed by atoms with Crippen LogP contribution >= 0.6 is 23.5 Å². The number of carboxylic acids is 3. The summed E-state index contributed by atoms with van der Waals surface area (Å²) < 4.78 is 35.3. The fraction of sp³-hybridized carbons (Fsp3) is 0.288. The minimum atomic E-state index is -5.08. The van der Waals surface area contributed by atoms with Crippen molar-refractivity contribution in [1.82, 2.24) is 29.7 Å². The molecule has 0 saturated heterocycles. The van der Waals surface area contributed by atoms with E-state index < -0.39 is 48.0 Å². The Morgan fingerprint density at radius 3 is 1.24 bits per heavy atom. The first-order valence-corrected chi connectivity index (χ1v) is 25.6. The number of thioether (sulfide) groups is 2. The molecule has 0 unspecified atom stereocenters. The summed E-state index contributed by atoms with van der Waals surface area (Å²) in [6, 6.07) is 23.2. The lowest BCUT2D eigenvalue weighted by atomic mass is 9.94. The predicted molar refractivity (Wildman–Crippen MR) is 282 cm³/mol. The van der Waals surface area contributed by atoms with Crippen molar-refractivity contribution < 1.29 is 62.1 Å². The van der Waals surface area contributed by atoms with Gasteiger partial charge in [0.2, 0.25) is 11.8 Å². The van der Waals surface area contributed by atoms with Gasteiger partial charge in [-0.15, -0.1) is 0 Å². The lowest BCUT2D eigenvalue weighted by molar-refractivity contribution is -0.192. The highest BCUT2D eigenvalue weighted by atomic mass is 32.2. The van der Waals surface area contributed by atoms with Crippen molar-refractivity contribution in [3.63, 3.8) is 0 Å². The van der Waals surface area contributed by atoms with Gasteiger partial charge in [0.25, 0.3) is 11.8 Å². The first kappa shape index (κ1) is 59.6. The Morgan fingerprint density at radius 1 is 0.587 bits per heavy atom. The summed E-state index contributed by atoms with van der Waals surface area (Å²) in [5.74, 6) is -5.07. The normalized spacial score (nSPS) is 11.6. The molecular formula is C52H57F3N8O10S2. The van der Waals surface area contributed by atoms with Crippen LogP contribution in [0.15, 0.2) is 110 Å². The van der Waals surface area contributed by atoms with Crippen LogP contribution in [-0.4, -0.2) is 118 Å². The van der Waals surface area contributed by atoms with Crippen molar-refractivity contribution >= 4 is 76.4 Å². The van der Waals surface area contributed by atoms with E-state index in [2.05, 4.69) is 31.2 Å². The van der Waals surface area contributed by atoms with Crippen LogP contribution in [0.4, 0.5) is 24.5 Å². The van der Waals surface area contributed by atoms with Crippen molar-refractivity contribution in [2.24, 2.45) is 14.1 Å². The molecule has 0 aliphatic heterocycles. The van der Waals surface area contributed by atoms with Gasteiger partial charge < -0.3 is 45.7 Å². The van der Waals surface area contributed by atoms with Gasteiger partial charge in [-0.2, -0.15) is 36.7 Å². The second-order valence-electron chi connectivity index (χ2n) is 16.8. The Kier molecular flexibility index (Phi) is 22.7. The zero-order valence-electron chi connectivity index (χ0n) is 41.7. The molecule has 4 aromatic carbocycles. The van der Waals surface area contributed by atoms with E-state index >= 15 is 0 Å². The third kappa shape index (κ3) is 18.8. The van der Waals surface area contributed by atoms with Crippen molar-refractivity contribution in [2.45, 2.75) is 57.8 Å². The van der Waals surface area contributed by atoms with Gasteiger partial charge in [-0.1, -0.05) is 48.5 Å². The molecule has 0 radical (unpaired) electrons. The Morgan fingerprint density at radius 2 is 0.947 bits per heavy atom. The predicted octanol–water partition coefficient (Wildman–Crippen LogP) is 7.66. The average Bonchev–Trinajstić information content (AvgIpc) is 3.96. The zero-order chi connectivity index (χ0) is 55.4. The van der Waals surface area contributed by atoms with E-state index in [0.717, 1.165) is 22.3 Å². The number of amides is 4. The van der Waals surface area contributed by atoms with E-state index in [9.17, 15) is 52.2 Å². The third-order valence-corrected chi connectivity index (χ3v) is 12.1. The SMILES string of the molecule is CSCC[C@H](NC(=O)c1ccc(NC(=O)Cc2cn(C)cn2)cc1-c1ccccc1C)C(=O)O.CSCC[C@H](NC(=O)c1ccc(NC(=O)Cc2cn(C)cn2)cc1-c1ccccc1C)C(=O)O.O=C(O)C(F)(F)F. The number of aromatic nitrogens is 4. The van der Waals surface area contributed by atoms with Crippen molar-refractivity contribution in [3.05, 3.63) is 144 Å². The molecule has 7 N–H and O–H groups in total. The Labute approximate surface area is 438 Å². The minimum Gasteiger partial charge on any atom is -0.480 e. The smallest absolute Gasteiger partial charge is 0.480 e. The highest BCUT2D eigenvalue weighted by Gasteiger charge is 2.38. The van der Waals surface area contributed by atoms with Crippen LogP contribution in [0.1, 0.15) is 56.1 Å². The number of carboxylic acid groups (broad SMARTS) is 3. The molecule has 0 saturated carbocycles. The summed E-state index contributed by atoms with van der Waals surface area (Å²) in [5.41, 5.74) is 7.83. The quantitative estimate of drug-likeness (QED) is 0.0387. The number of anilines is 2. The van der Waals surface area contributed by atoms with E-state index in [1.54, 1.807) is 70.6 Å². The number of aliphatic carboxylic acids is 3. The molecule has 4 amide bonds. The van der Waals surface area contributed by atoms with E-state index in [0.29, 0.717) is 69.4 Å². The van der Waals surface area contributed by atoms with Crippen LogP contribution in [0.3, 0.4) is 0 Å². The lowest BCUT2D eigenvalue weighted by Crippen LogP contribution is -2.41. The van der Waals surface area contributed by atoms with E-state index in [1.165, 1.54) is 23.5 Å². The number of nitrogens with zero attached hydrogens (tertiary/aromatic N) is 4. The molecule has 0 aliphatic carbocycles. The molecule has 2 atom stereocenters. The summed E-state index contributed by atoms with van der Waals surface area (Å²) in [5, 5.41) is 37.2. The van der Waals surface area contributed by atoms with Crippen LogP contribution < -0.4 is 21.3 Å². The van der Waals surface area contributed by atoms with Gasteiger partial charge in [0.15, 0.2) is 0 Å². The van der Waals surface area contributed by atoms with E-state index in [-0.39, 0.29) is 24.7 Å². The highest BCUT2D eigenvalue weighted by Crippen LogP contribution is 2.32. The standard InChI is InChI=1S/2C25H28N4O4S.C2HF3O2/c2*1-16-6-4-5-7-19(16)21-12-17(27-23(30)13-18-14-29(2)15-26-18)8-9-20(21)24(31)28-22(25(32)33)10-11-34-3;3-2(4,5)1(6)7/h2*4-9,12,14-15,22H,10-11,13H2,1-3H3,(H,27,30)(H,28,31)(H,32,33);(H,6,7)/t2*22-;/m00./s1.